The summed E-state index contributed by atoms with van der Waals surface area (Å²) in [4.78, 5) is 16.9. The van der Waals surface area contributed by atoms with E-state index in [1.165, 1.54) is 24.4 Å². The van der Waals surface area contributed by atoms with Crippen LogP contribution < -0.4 is 11.1 Å². The van der Waals surface area contributed by atoms with Crippen molar-refractivity contribution in [2.75, 3.05) is 11.1 Å². The van der Waals surface area contributed by atoms with Gasteiger partial charge in [0.1, 0.15) is 5.82 Å². The second-order valence-corrected chi connectivity index (χ2v) is 9.05. The predicted octanol–water partition coefficient (Wildman–Crippen LogP) is 6.11. The standard InChI is InChI=1S/C28H21F6N5O2/c1-14-3-4-18(26(41)38-22-10-20(27(29,30)31)9-21(11-22)28(32,33)34)7-16(14)5-6-17-8-19(12-36-25(17)35)23-13-37-39-24(23)15(2)40/h3-4,7-13,15,40H,1-2H3,(H2,35,36)(H,37,39)(H,38,41). The molecule has 7 nitrogen and oxygen atoms in total. The van der Waals surface area contributed by atoms with Crippen LogP contribution in [0.4, 0.5) is 37.8 Å². The van der Waals surface area contributed by atoms with E-state index in [0.29, 0.717) is 45.6 Å². The van der Waals surface area contributed by atoms with Gasteiger partial charge < -0.3 is 16.2 Å². The summed E-state index contributed by atoms with van der Waals surface area (Å²) in [6.45, 7) is 3.26. The predicted molar refractivity (Wildman–Crippen MR) is 138 cm³/mol. The summed E-state index contributed by atoms with van der Waals surface area (Å²) in [5.74, 6) is 4.92. The molecule has 1 atom stereocenters. The quantitative estimate of drug-likeness (QED) is 0.174. The number of carbonyl (C=O) groups excluding carboxylic acids is 1. The number of rotatable bonds is 4. The van der Waals surface area contributed by atoms with Crippen LogP contribution in [0.1, 0.15) is 56.9 Å². The van der Waals surface area contributed by atoms with E-state index in [0.717, 1.165) is 0 Å². The number of nitrogen functional groups attached to an aromatic ring is 1. The van der Waals surface area contributed by atoms with Crippen molar-refractivity contribution < 1.29 is 36.2 Å². The lowest BCUT2D eigenvalue weighted by Gasteiger charge is -2.15. The molecule has 0 fully saturated rings. The number of aliphatic hydroxyl groups excluding tert-OH is 1. The van der Waals surface area contributed by atoms with Crippen molar-refractivity contribution >= 4 is 17.4 Å². The van der Waals surface area contributed by atoms with Crippen LogP contribution in [0.25, 0.3) is 11.1 Å². The second kappa shape index (κ2) is 11.0. The number of carbonyl (C=O) groups is 1. The monoisotopic (exact) mass is 573 g/mol. The first-order chi connectivity index (χ1) is 19.1. The van der Waals surface area contributed by atoms with E-state index < -0.39 is 41.2 Å². The first-order valence-corrected chi connectivity index (χ1v) is 11.8. The number of amides is 1. The highest BCUT2D eigenvalue weighted by molar-refractivity contribution is 6.04. The highest BCUT2D eigenvalue weighted by Crippen LogP contribution is 2.37. The summed E-state index contributed by atoms with van der Waals surface area (Å²) in [6, 6.07) is 6.71. The summed E-state index contributed by atoms with van der Waals surface area (Å²) in [5, 5.41) is 18.7. The van der Waals surface area contributed by atoms with Gasteiger partial charge in [-0.05, 0) is 55.8 Å². The van der Waals surface area contributed by atoms with E-state index in [1.54, 1.807) is 26.1 Å². The van der Waals surface area contributed by atoms with Crippen molar-refractivity contribution in [3.8, 4) is 23.0 Å². The number of alkyl halides is 6. The van der Waals surface area contributed by atoms with E-state index in [-0.39, 0.29) is 17.4 Å². The fraction of sp³-hybridized carbons (Fsp3) is 0.179. The molecule has 5 N–H and O–H groups in total. The molecule has 2 heterocycles. The smallest absolute Gasteiger partial charge is 0.387 e. The lowest BCUT2D eigenvalue weighted by molar-refractivity contribution is -0.143. The maximum Gasteiger partial charge on any atom is 0.416 e. The number of benzene rings is 2. The van der Waals surface area contributed by atoms with Crippen molar-refractivity contribution in [3.63, 3.8) is 0 Å². The Morgan fingerprint density at radius 3 is 2.24 bits per heavy atom. The van der Waals surface area contributed by atoms with Gasteiger partial charge in [-0.25, -0.2) is 4.98 Å². The molecule has 0 spiro atoms. The Balaban J connectivity index is 1.64. The van der Waals surface area contributed by atoms with Crippen LogP contribution in [0.15, 0.2) is 54.9 Å². The van der Waals surface area contributed by atoms with E-state index >= 15 is 0 Å². The van der Waals surface area contributed by atoms with Gasteiger partial charge in [-0.15, -0.1) is 0 Å². The number of aliphatic hydroxyl groups is 1. The van der Waals surface area contributed by atoms with Gasteiger partial charge in [0.25, 0.3) is 5.91 Å². The third kappa shape index (κ3) is 6.67. The van der Waals surface area contributed by atoms with Crippen LogP contribution in [0.3, 0.4) is 0 Å². The molecule has 4 rings (SSSR count). The molecule has 4 aromatic rings. The zero-order valence-electron chi connectivity index (χ0n) is 21.4. The lowest BCUT2D eigenvalue weighted by Crippen LogP contribution is -2.16. The number of nitrogens with two attached hydrogens (primary N) is 1. The molecule has 0 radical (unpaired) electrons. The Bertz CT molecular complexity index is 1650. The second-order valence-electron chi connectivity index (χ2n) is 9.05. The molecule has 0 saturated carbocycles. The normalized spacial score (nSPS) is 12.4. The van der Waals surface area contributed by atoms with Crippen LogP contribution in [0, 0.1) is 18.8 Å². The van der Waals surface area contributed by atoms with Crippen molar-refractivity contribution in [3.05, 3.63) is 93.9 Å². The number of hydrogen-bond acceptors (Lipinski definition) is 5. The van der Waals surface area contributed by atoms with Crippen molar-refractivity contribution in [2.45, 2.75) is 32.3 Å². The average molecular weight is 573 g/mol. The molecule has 2 aromatic carbocycles. The number of aromatic amines is 1. The minimum absolute atomic E-state index is 0.0253. The summed E-state index contributed by atoms with van der Waals surface area (Å²) in [5.41, 5.74) is 5.05. The molecule has 0 aliphatic heterocycles. The maximum absolute atomic E-state index is 13.2. The summed E-state index contributed by atoms with van der Waals surface area (Å²) in [6.07, 6.45) is -7.89. The van der Waals surface area contributed by atoms with Gasteiger partial charge in [-0.2, -0.15) is 31.4 Å². The molecule has 41 heavy (non-hydrogen) atoms. The van der Waals surface area contributed by atoms with Crippen LogP contribution in [-0.2, 0) is 12.4 Å². The number of aryl methyl sites for hydroxylation is 1. The highest BCUT2D eigenvalue weighted by atomic mass is 19.4. The lowest BCUT2D eigenvalue weighted by atomic mass is 10.0. The van der Waals surface area contributed by atoms with E-state index in [4.69, 9.17) is 5.73 Å². The van der Waals surface area contributed by atoms with Crippen molar-refractivity contribution in [1.82, 2.24) is 15.2 Å². The van der Waals surface area contributed by atoms with Crippen LogP contribution >= 0.6 is 0 Å². The zero-order valence-corrected chi connectivity index (χ0v) is 21.4. The fourth-order valence-corrected chi connectivity index (χ4v) is 3.84. The van der Waals surface area contributed by atoms with Gasteiger partial charge in [-0.3, -0.25) is 9.89 Å². The van der Waals surface area contributed by atoms with Gasteiger partial charge in [0.2, 0.25) is 0 Å². The van der Waals surface area contributed by atoms with Crippen molar-refractivity contribution in [1.29, 1.82) is 0 Å². The highest BCUT2D eigenvalue weighted by Gasteiger charge is 2.37. The average Bonchev–Trinajstić information content (AvgIpc) is 3.38. The number of halogens is 6. The van der Waals surface area contributed by atoms with Crippen LogP contribution in [0.2, 0.25) is 0 Å². The molecule has 0 aliphatic rings. The Hall–Kier alpha value is -4.83. The number of anilines is 2. The van der Waals surface area contributed by atoms with Gasteiger partial charge in [0.15, 0.2) is 0 Å². The number of hydrogen-bond donors (Lipinski definition) is 4. The number of nitrogens with zero attached hydrogens (tertiary/aromatic N) is 2. The van der Waals surface area contributed by atoms with E-state index in [9.17, 15) is 36.2 Å². The maximum atomic E-state index is 13.2. The van der Waals surface area contributed by atoms with Crippen LogP contribution in [0.5, 0.6) is 0 Å². The molecule has 1 unspecified atom stereocenters. The summed E-state index contributed by atoms with van der Waals surface area (Å²) >= 11 is 0. The Labute approximate surface area is 229 Å². The van der Waals surface area contributed by atoms with Crippen molar-refractivity contribution in [2.24, 2.45) is 0 Å². The minimum atomic E-state index is -5.06. The van der Waals surface area contributed by atoms with Gasteiger partial charge in [0.05, 0.1) is 28.5 Å². The molecule has 0 bridgehead atoms. The SMILES string of the molecule is Cc1ccc(C(=O)Nc2cc(C(F)(F)F)cc(C(F)(F)F)c2)cc1C#Cc1cc(-c2c[nH]nc2C(C)O)cnc1N. The van der Waals surface area contributed by atoms with E-state index in [1.807, 2.05) is 0 Å². The largest absolute Gasteiger partial charge is 0.416 e. The molecule has 13 heteroatoms. The molecular weight excluding hydrogens is 552 g/mol. The first kappa shape index (κ1) is 29.2. The zero-order chi connectivity index (χ0) is 30.1. The third-order valence-corrected chi connectivity index (χ3v) is 5.97. The Morgan fingerprint density at radius 1 is 1.00 bits per heavy atom. The van der Waals surface area contributed by atoms with Gasteiger partial charge in [0, 0.05) is 40.3 Å². The number of aromatic nitrogens is 3. The minimum Gasteiger partial charge on any atom is -0.387 e. The summed E-state index contributed by atoms with van der Waals surface area (Å²) < 4.78 is 79.1. The third-order valence-electron chi connectivity index (χ3n) is 5.97. The number of nitrogens with one attached hydrogen (secondary N) is 2. The number of H-pyrrole nitrogens is 1. The topological polar surface area (TPSA) is 117 Å². The molecule has 0 aliphatic carbocycles. The molecule has 212 valence electrons. The van der Waals surface area contributed by atoms with Gasteiger partial charge >= 0.3 is 12.4 Å². The molecule has 2 aromatic heterocycles. The fourth-order valence-electron chi connectivity index (χ4n) is 3.84. The first-order valence-electron chi connectivity index (χ1n) is 11.8. The van der Waals surface area contributed by atoms with Gasteiger partial charge in [-0.1, -0.05) is 17.9 Å². The molecule has 0 saturated heterocycles. The molecule has 1 amide bonds. The number of pyridine rings is 1. The van der Waals surface area contributed by atoms with E-state index in [2.05, 4.69) is 32.3 Å². The molecular formula is C28H21F6N5O2. The summed E-state index contributed by atoms with van der Waals surface area (Å²) in [7, 11) is 0. The Kier molecular flexibility index (Phi) is 7.81. The van der Waals surface area contributed by atoms with Crippen LogP contribution in [-0.4, -0.2) is 26.2 Å². The Morgan fingerprint density at radius 2 is 1.63 bits per heavy atom.